The molecular weight excluding hydrogens is 540 g/mol. The molecular formula is C32H62O8Si. The highest BCUT2D eigenvalue weighted by atomic mass is 28.4. The standard InChI is InChI=1S/C19H38O4Si.C13H24O4/c1-17(2,3)22-16(20)19(14-21-7)12-10-15(11-13-19)23-24(8,9)18(4,5)6;1-12(2,3)17-11(15)13(9-16-4)7-5-10(14)6-8-13/h15H,10-14H2,1-9H3;10,14H,5-9H2,1-4H3. The molecule has 0 aromatic rings. The molecule has 0 saturated heterocycles. The number of methoxy groups -OCH3 is 2. The van der Waals surface area contributed by atoms with Gasteiger partial charge in [-0.3, -0.25) is 9.59 Å². The number of carbonyl (C=O) groups is 2. The second-order valence-electron chi connectivity index (χ2n) is 15.7. The molecule has 9 heteroatoms. The van der Waals surface area contributed by atoms with E-state index in [2.05, 4.69) is 33.9 Å². The Morgan fingerprint density at radius 2 is 1.05 bits per heavy atom. The van der Waals surface area contributed by atoms with E-state index in [1.54, 1.807) is 14.2 Å². The van der Waals surface area contributed by atoms with Gasteiger partial charge in [-0.1, -0.05) is 20.8 Å². The monoisotopic (exact) mass is 602 g/mol. The minimum atomic E-state index is -1.77. The first-order valence-corrected chi connectivity index (χ1v) is 18.2. The fourth-order valence-corrected chi connectivity index (χ4v) is 6.57. The minimum Gasteiger partial charge on any atom is -0.459 e. The summed E-state index contributed by atoms with van der Waals surface area (Å²) >= 11 is 0. The Labute approximate surface area is 251 Å². The van der Waals surface area contributed by atoms with Crippen LogP contribution in [-0.4, -0.2) is 76.2 Å². The van der Waals surface area contributed by atoms with Crippen molar-refractivity contribution in [3.8, 4) is 0 Å². The van der Waals surface area contributed by atoms with Gasteiger partial charge in [-0.2, -0.15) is 0 Å². The van der Waals surface area contributed by atoms with Crippen molar-refractivity contribution in [1.29, 1.82) is 0 Å². The number of aliphatic hydroxyl groups excluding tert-OH is 1. The van der Waals surface area contributed by atoms with Crippen LogP contribution in [0.4, 0.5) is 0 Å². The third-order valence-electron chi connectivity index (χ3n) is 8.57. The summed E-state index contributed by atoms with van der Waals surface area (Å²) in [6, 6.07) is 0. The Balaban J connectivity index is 0.000000435. The summed E-state index contributed by atoms with van der Waals surface area (Å²) in [5, 5.41) is 9.74. The molecule has 0 heterocycles. The smallest absolute Gasteiger partial charge is 0.314 e. The van der Waals surface area contributed by atoms with Gasteiger partial charge in [-0.25, -0.2) is 0 Å². The summed E-state index contributed by atoms with van der Waals surface area (Å²) in [5.41, 5.74) is -2.03. The van der Waals surface area contributed by atoms with E-state index < -0.39 is 30.3 Å². The van der Waals surface area contributed by atoms with E-state index in [0.717, 1.165) is 25.7 Å². The molecule has 0 aromatic carbocycles. The van der Waals surface area contributed by atoms with Crippen LogP contribution in [-0.2, 0) is 33.0 Å². The summed E-state index contributed by atoms with van der Waals surface area (Å²) in [4.78, 5) is 25.0. The average molecular weight is 603 g/mol. The van der Waals surface area contributed by atoms with E-state index in [-0.39, 0.29) is 29.2 Å². The van der Waals surface area contributed by atoms with Crippen molar-refractivity contribution in [2.75, 3.05) is 27.4 Å². The molecule has 0 atom stereocenters. The number of rotatable bonds is 8. The Morgan fingerprint density at radius 1 is 0.707 bits per heavy atom. The molecule has 2 aliphatic rings. The number of carbonyl (C=O) groups excluding carboxylic acids is 2. The van der Waals surface area contributed by atoms with Crippen molar-refractivity contribution in [3.05, 3.63) is 0 Å². The van der Waals surface area contributed by atoms with Crippen LogP contribution in [0.25, 0.3) is 0 Å². The summed E-state index contributed by atoms with van der Waals surface area (Å²) < 4.78 is 28.2. The zero-order chi connectivity index (χ0) is 31.9. The quantitative estimate of drug-likeness (QED) is 0.239. The first-order chi connectivity index (χ1) is 18.5. The van der Waals surface area contributed by atoms with E-state index >= 15 is 0 Å². The highest BCUT2D eigenvalue weighted by Crippen LogP contribution is 2.44. The molecule has 2 rings (SSSR count). The topological polar surface area (TPSA) is 101 Å². The Morgan fingerprint density at radius 3 is 1.34 bits per heavy atom. The first kappa shape index (κ1) is 38.0. The lowest BCUT2D eigenvalue weighted by Gasteiger charge is -2.44. The molecule has 1 N–H and O–H groups in total. The van der Waals surface area contributed by atoms with E-state index in [1.807, 2.05) is 41.5 Å². The molecule has 242 valence electrons. The predicted molar refractivity (Wildman–Crippen MR) is 165 cm³/mol. The van der Waals surface area contributed by atoms with Crippen molar-refractivity contribution < 1.29 is 38.1 Å². The van der Waals surface area contributed by atoms with E-state index in [4.69, 9.17) is 23.4 Å². The maximum atomic E-state index is 12.7. The maximum absolute atomic E-state index is 12.7. The third kappa shape index (κ3) is 11.9. The number of esters is 2. The number of hydrogen-bond donors (Lipinski definition) is 1. The van der Waals surface area contributed by atoms with Gasteiger partial charge < -0.3 is 28.5 Å². The molecule has 0 unspecified atom stereocenters. The number of ether oxygens (including phenoxy) is 4. The van der Waals surface area contributed by atoms with E-state index in [0.29, 0.717) is 38.9 Å². The number of aliphatic hydroxyl groups is 1. The molecule has 0 aliphatic heterocycles. The summed E-state index contributed by atoms with van der Waals surface area (Å²) in [7, 11) is 1.48. The highest BCUT2D eigenvalue weighted by Gasteiger charge is 2.47. The van der Waals surface area contributed by atoms with Crippen molar-refractivity contribution >= 4 is 20.3 Å². The highest BCUT2D eigenvalue weighted by molar-refractivity contribution is 6.74. The lowest BCUT2D eigenvalue weighted by molar-refractivity contribution is -0.176. The molecule has 41 heavy (non-hydrogen) atoms. The third-order valence-corrected chi connectivity index (χ3v) is 13.1. The van der Waals surface area contributed by atoms with Crippen LogP contribution in [0, 0.1) is 10.8 Å². The lowest BCUT2D eigenvalue weighted by Crippen LogP contribution is -2.48. The Hall–Kier alpha value is -1.00. The van der Waals surface area contributed by atoms with Crippen LogP contribution in [0.3, 0.4) is 0 Å². The zero-order valence-corrected chi connectivity index (χ0v) is 29.5. The molecule has 8 nitrogen and oxygen atoms in total. The van der Waals surface area contributed by atoms with E-state index in [1.165, 1.54) is 0 Å². The summed E-state index contributed by atoms with van der Waals surface area (Å²) in [6.45, 7) is 23.5. The second kappa shape index (κ2) is 14.6. The van der Waals surface area contributed by atoms with Crippen LogP contribution in [0.15, 0.2) is 0 Å². The van der Waals surface area contributed by atoms with Gasteiger partial charge in [0.25, 0.3) is 0 Å². The van der Waals surface area contributed by atoms with Gasteiger partial charge in [0.1, 0.15) is 11.2 Å². The molecule has 0 aromatic heterocycles. The Bertz CT molecular complexity index is 818. The Kier molecular flexibility index (Phi) is 13.6. The van der Waals surface area contributed by atoms with Crippen molar-refractivity contribution in [1.82, 2.24) is 0 Å². The average Bonchev–Trinajstić information content (AvgIpc) is 2.79. The first-order valence-electron chi connectivity index (χ1n) is 15.3. The van der Waals surface area contributed by atoms with Crippen LogP contribution in [0.5, 0.6) is 0 Å². The molecule has 2 saturated carbocycles. The summed E-state index contributed by atoms with van der Waals surface area (Å²) in [5.74, 6) is -0.318. The molecule has 0 radical (unpaired) electrons. The van der Waals surface area contributed by atoms with Gasteiger partial charge in [0.15, 0.2) is 8.32 Å². The zero-order valence-electron chi connectivity index (χ0n) is 28.5. The second-order valence-corrected chi connectivity index (χ2v) is 20.5. The molecule has 0 bridgehead atoms. The SMILES string of the molecule is COCC1(C(=O)OC(C)(C)C)CCC(O)CC1.COCC1(C(=O)OC(C)(C)C)CCC(O[Si](C)(C)C(C)(C)C)CC1. The van der Waals surface area contributed by atoms with Crippen LogP contribution < -0.4 is 0 Å². The van der Waals surface area contributed by atoms with Gasteiger partial charge in [-0.15, -0.1) is 0 Å². The number of hydrogen-bond acceptors (Lipinski definition) is 8. The van der Waals surface area contributed by atoms with Gasteiger partial charge in [0.2, 0.25) is 0 Å². The van der Waals surface area contributed by atoms with Gasteiger partial charge in [0.05, 0.1) is 30.1 Å². The van der Waals surface area contributed by atoms with Crippen molar-refractivity contribution in [2.45, 2.75) is 155 Å². The minimum absolute atomic E-state index is 0.123. The lowest BCUT2D eigenvalue weighted by atomic mass is 9.73. The van der Waals surface area contributed by atoms with E-state index in [9.17, 15) is 14.7 Å². The van der Waals surface area contributed by atoms with Gasteiger partial charge >= 0.3 is 11.9 Å². The van der Waals surface area contributed by atoms with Crippen LogP contribution in [0.1, 0.15) is 114 Å². The van der Waals surface area contributed by atoms with Crippen molar-refractivity contribution in [2.24, 2.45) is 10.8 Å². The van der Waals surface area contributed by atoms with Gasteiger partial charge in [0, 0.05) is 20.3 Å². The molecule has 2 fully saturated rings. The van der Waals surface area contributed by atoms with Crippen LogP contribution in [0.2, 0.25) is 18.1 Å². The molecule has 2 aliphatic carbocycles. The fourth-order valence-electron chi connectivity index (χ4n) is 5.15. The molecule has 0 amide bonds. The molecule has 0 spiro atoms. The largest absolute Gasteiger partial charge is 0.459 e. The van der Waals surface area contributed by atoms with Gasteiger partial charge in [-0.05, 0) is 111 Å². The summed E-state index contributed by atoms with van der Waals surface area (Å²) in [6.07, 6.45) is 5.86. The normalized spacial score (nSPS) is 27.9. The predicted octanol–water partition coefficient (Wildman–Crippen LogP) is 6.82. The van der Waals surface area contributed by atoms with Crippen LogP contribution >= 0.6 is 0 Å². The van der Waals surface area contributed by atoms with Crippen molar-refractivity contribution in [3.63, 3.8) is 0 Å². The maximum Gasteiger partial charge on any atom is 0.314 e. The fraction of sp³-hybridized carbons (Fsp3) is 0.938.